The molecule has 0 aliphatic carbocycles. The molecule has 0 spiro atoms. The summed E-state index contributed by atoms with van der Waals surface area (Å²) in [5.41, 5.74) is 0.596. The number of ether oxygens (including phenoxy) is 2. The second kappa shape index (κ2) is 5.21. The van der Waals surface area contributed by atoms with Crippen LogP contribution in [0.1, 0.15) is 54.0 Å². The lowest BCUT2D eigenvalue weighted by atomic mass is 10.1. The first kappa shape index (κ1) is 14.9. The number of rotatable bonds is 3. The van der Waals surface area contributed by atoms with Crippen LogP contribution >= 0.6 is 0 Å². The molecule has 0 amide bonds. The quantitative estimate of drug-likeness (QED) is 0.778. The van der Waals surface area contributed by atoms with Gasteiger partial charge in [0.2, 0.25) is 0 Å². The van der Waals surface area contributed by atoms with Crippen molar-refractivity contribution in [3.8, 4) is 11.5 Å². The zero-order valence-corrected chi connectivity index (χ0v) is 12.6. The summed E-state index contributed by atoms with van der Waals surface area (Å²) >= 11 is 0. The molecule has 0 unspecified atom stereocenters. The Balaban J connectivity index is 3.10. The Hall–Kier alpha value is -1.18. The predicted octanol–water partition coefficient (Wildman–Crippen LogP) is 4.61. The van der Waals surface area contributed by atoms with Gasteiger partial charge >= 0.3 is 0 Å². The summed E-state index contributed by atoms with van der Waals surface area (Å²) in [4.78, 5) is 0. The van der Waals surface area contributed by atoms with Gasteiger partial charge in [0.05, 0.1) is 0 Å². The van der Waals surface area contributed by atoms with E-state index in [2.05, 4.69) is 0 Å². The Bertz CT molecular complexity index is 360. The van der Waals surface area contributed by atoms with Gasteiger partial charge < -0.3 is 9.47 Å². The number of benzene rings is 1. The van der Waals surface area contributed by atoms with E-state index < -0.39 is 0 Å². The first-order valence-corrected chi connectivity index (χ1v) is 6.43. The van der Waals surface area contributed by atoms with E-state index in [0.717, 1.165) is 17.1 Å². The molecule has 0 atom stereocenters. The van der Waals surface area contributed by atoms with Crippen LogP contribution in [0.5, 0.6) is 11.5 Å². The Kier molecular flexibility index (Phi) is 4.31. The van der Waals surface area contributed by atoms with Crippen molar-refractivity contribution in [2.24, 2.45) is 0 Å². The van der Waals surface area contributed by atoms with Crippen LogP contribution < -0.4 is 9.47 Å². The first-order valence-electron chi connectivity index (χ1n) is 6.43. The Morgan fingerprint density at radius 3 is 1.50 bits per heavy atom. The fraction of sp³-hybridized carbons (Fsp3) is 0.562. The van der Waals surface area contributed by atoms with E-state index in [0.29, 0.717) is 0 Å². The molecular weight excluding hydrogens is 224 g/mol. The van der Waals surface area contributed by atoms with Gasteiger partial charge in [-0.2, -0.15) is 0 Å². The molecule has 1 aromatic rings. The zero-order valence-electron chi connectivity index (χ0n) is 12.6. The van der Waals surface area contributed by atoms with Crippen molar-refractivity contribution in [3.05, 3.63) is 30.2 Å². The molecule has 2 heteroatoms. The minimum absolute atomic E-state index is 0.210. The summed E-state index contributed by atoms with van der Waals surface area (Å²) in [6.07, 6.45) is 2.03. The molecule has 2 nitrogen and oxygen atoms in total. The van der Waals surface area contributed by atoms with Gasteiger partial charge in [0.1, 0.15) is 22.7 Å². The van der Waals surface area contributed by atoms with Crippen molar-refractivity contribution in [1.82, 2.24) is 0 Å². The number of hydrogen-bond donors (Lipinski definition) is 0. The summed E-state index contributed by atoms with van der Waals surface area (Å²) < 4.78 is 11.9. The molecule has 0 saturated heterocycles. The number of hydrogen-bond acceptors (Lipinski definition) is 2. The van der Waals surface area contributed by atoms with E-state index in [1.165, 1.54) is 0 Å². The van der Waals surface area contributed by atoms with Gasteiger partial charge in [0.25, 0.3) is 0 Å². The standard InChI is InChI=1S/C16H25O2/c1-8-12-13(17-15(2,3)4)10-9-11-14(12)18-16(5,6)7/h8-11H,1-7H3. The molecule has 0 N–H and O–H groups in total. The monoisotopic (exact) mass is 249 g/mol. The van der Waals surface area contributed by atoms with E-state index in [4.69, 9.17) is 9.47 Å². The van der Waals surface area contributed by atoms with E-state index in [1.54, 1.807) is 0 Å². The first-order chi connectivity index (χ1) is 8.12. The van der Waals surface area contributed by atoms with E-state index >= 15 is 0 Å². The lowest BCUT2D eigenvalue weighted by Crippen LogP contribution is -2.25. The van der Waals surface area contributed by atoms with E-state index in [1.807, 2.05) is 73.1 Å². The van der Waals surface area contributed by atoms with Gasteiger partial charge in [-0.1, -0.05) is 13.0 Å². The molecule has 0 fully saturated rings. The molecule has 18 heavy (non-hydrogen) atoms. The molecule has 0 bridgehead atoms. The van der Waals surface area contributed by atoms with Gasteiger partial charge in [-0.3, -0.25) is 0 Å². The molecule has 0 aliphatic rings. The van der Waals surface area contributed by atoms with Crippen molar-refractivity contribution in [2.45, 2.75) is 59.7 Å². The van der Waals surface area contributed by atoms with Crippen molar-refractivity contribution in [2.75, 3.05) is 0 Å². The van der Waals surface area contributed by atoms with Gasteiger partial charge in [0, 0.05) is 5.56 Å². The van der Waals surface area contributed by atoms with Crippen LogP contribution in [0.3, 0.4) is 0 Å². The molecule has 1 rings (SSSR count). The molecule has 0 aliphatic heterocycles. The summed E-state index contributed by atoms with van der Waals surface area (Å²) in [6.45, 7) is 14.3. The Morgan fingerprint density at radius 1 is 0.833 bits per heavy atom. The summed E-state index contributed by atoms with van der Waals surface area (Å²) in [6, 6.07) is 5.93. The van der Waals surface area contributed by atoms with Crippen LogP contribution in [0.15, 0.2) is 18.2 Å². The molecule has 1 radical (unpaired) electrons. The zero-order chi connectivity index (χ0) is 14.0. The molecular formula is C16H25O2. The van der Waals surface area contributed by atoms with Crippen LogP contribution in [0.2, 0.25) is 0 Å². The van der Waals surface area contributed by atoms with Crippen molar-refractivity contribution < 1.29 is 9.47 Å². The molecule has 1 aromatic carbocycles. The summed E-state index contributed by atoms with van der Waals surface area (Å²) in [7, 11) is 0. The summed E-state index contributed by atoms with van der Waals surface area (Å²) in [5.74, 6) is 1.73. The predicted molar refractivity (Wildman–Crippen MR) is 76.3 cm³/mol. The molecule has 0 heterocycles. The minimum Gasteiger partial charge on any atom is -0.488 e. The van der Waals surface area contributed by atoms with Crippen LogP contribution in [-0.4, -0.2) is 11.2 Å². The van der Waals surface area contributed by atoms with Crippen LogP contribution in [0, 0.1) is 6.42 Å². The average Bonchev–Trinajstić information content (AvgIpc) is 2.12. The molecule has 0 saturated carbocycles. The van der Waals surface area contributed by atoms with Crippen molar-refractivity contribution in [3.63, 3.8) is 0 Å². The second-order valence-corrected chi connectivity index (χ2v) is 6.39. The minimum atomic E-state index is -0.210. The summed E-state index contributed by atoms with van der Waals surface area (Å²) in [5, 5.41) is 0. The molecule has 0 aromatic heterocycles. The molecule has 101 valence electrons. The maximum atomic E-state index is 5.97. The van der Waals surface area contributed by atoms with Crippen molar-refractivity contribution in [1.29, 1.82) is 0 Å². The van der Waals surface area contributed by atoms with Gasteiger partial charge in [-0.25, -0.2) is 0 Å². The second-order valence-electron chi connectivity index (χ2n) is 6.39. The van der Waals surface area contributed by atoms with Crippen LogP contribution in [-0.2, 0) is 0 Å². The highest BCUT2D eigenvalue weighted by Crippen LogP contribution is 2.34. The van der Waals surface area contributed by atoms with Crippen LogP contribution in [0.25, 0.3) is 0 Å². The van der Waals surface area contributed by atoms with E-state index in [-0.39, 0.29) is 11.2 Å². The highest BCUT2D eigenvalue weighted by Gasteiger charge is 2.19. The lowest BCUT2D eigenvalue weighted by molar-refractivity contribution is 0.119. The maximum Gasteiger partial charge on any atom is 0.127 e. The topological polar surface area (TPSA) is 18.5 Å². The lowest BCUT2D eigenvalue weighted by Gasteiger charge is -2.27. The average molecular weight is 249 g/mol. The van der Waals surface area contributed by atoms with Gasteiger partial charge in [0.15, 0.2) is 0 Å². The third-order valence-electron chi connectivity index (χ3n) is 2.15. The Morgan fingerprint density at radius 2 is 1.22 bits per heavy atom. The maximum absolute atomic E-state index is 5.97. The highest BCUT2D eigenvalue weighted by molar-refractivity contribution is 5.49. The highest BCUT2D eigenvalue weighted by atomic mass is 16.5. The van der Waals surface area contributed by atoms with Gasteiger partial charge in [-0.05, 0) is 60.1 Å². The third-order valence-corrected chi connectivity index (χ3v) is 2.15. The van der Waals surface area contributed by atoms with Crippen LogP contribution in [0.4, 0.5) is 0 Å². The van der Waals surface area contributed by atoms with E-state index in [9.17, 15) is 0 Å². The largest absolute Gasteiger partial charge is 0.488 e. The normalized spacial score (nSPS) is 12.4. The Labute approximate surface area is 111 Å². The smallest absolute Gasteiger partial charge is 0.127 e. The fourth-order valence-corrected chi connectivity index (χ4v) is 1.65. The third kappa shape index (κ3) is 4.59. The fourth-order valence-electron chi connectivity index (χ4n) is 1.65. The SMILES string of the molecule is C[CH]c1c(OC(C)(C)C)cccc1OC(C)(C)C. The van der Waals surface area contributed by atoms with Crippen molar-refractivity contribution >= 4 is 0 Å². The van der Waals surface area contributed by atoms with Gasteiger partial charge in [-0.15, -0.1) is 0 Å².